The first-order chi connectivity index (χ1) is 10.0. The fraction of sp³-hybridized carbons (Fsp3) is 0.0588. The number of phenolic OH excluding ortho intramolecular Hbond substituents is 1. The molecule has 0 spiro atoms. The van der Waals surface area contributed by atoms with E-state index in [0.717, 1.165) is 5.56 Å². The van der Waals surface area contributed by atoms with Gasteiger partial charge in [0.15, 0.2) is 5.78 Å². The number of hydrogen-bond donors (Lipinski definition) is 2. The van der Waals surface area contributed by atoms with E-state index in [1.807, 2.05) is 0 Å². The van der Waals surface area contributed by atoms with Gasteiger partial charge in [-0.3, -0.25) is 9.59 Å². The number of hydrogen-bond acceptors (Lipinski definition) is 3. The molecule has 1 amide bonds. The van der Waals surface area contributed by atoms with E-state index in [1.54, 1.807) is 54.6 Å². The van der Waals surface area contributed by atoms with E-state index in [1.165, 1.54) is 13.0 Å². The Morgan fingerprint density at radius 2 is 1.86 bits per heavy atom. The number of anilines is 1. The van der Waals surface area contributed by atoms with Crippen LogP contribution in [-0.4, -0.2) is 16.8 Å². The van der Waals surface area contributed by atoms with Crippen LogP contribution in [0.4, 0.5) is 5.69 Å². The lowest BCUT2D eigenvalue weighted by atomic mass is 10.1. The van der Waals surface area contributed by atoms with Crippen molar-refractivity contribution in [2.45, 2.75) is 6.92 Å². The minimum absolute atomic E-state index is 0.150. The molecule has 0 saturated heterocycles. The summed E-state index contributed by atoms with van der Waals surface area (Å²) in [5.41, 5.74) is 1.80. The van der Waals surface area contributed by atoms with Crippen molar-refractivity contribution in [3.63, 3.8) is 0 Å². The number of phenols is 1. The first-order valence-electron chi connectivity index (χ1n) is 6.44. The number of benzene rings is 2. The van der Waals surface area contributed by atoms with Crippen LogP contribution in [0.1, 0.15) is 22.8 Å². The average Bonchev–Trinajstić information content (AvgIpc) is 2.44. The predicted octanol–water partition coefficient (Wildman–Crippen LogP) is 3.25. The summed E-state index contributed by atoms with van der Waals surface area (Å²) < 4.78 is 0. The number of ketones is 1. The molecule has 0 aromatic heterocycles. The number of aromatic hydroxyl groups is 1. The molecule has 0 bridgehead atoms. The van der Waals surface area contributed by atoms with Crippen LogP contribution in [0.3, 0.4) is 0 Å². The van der Waals surface area contributed by atoms with Crippen LogP contribution in [-0.2, 0) is 4.79 Å². The molecular formula is C17H15NO3. The van der Waals surface area contributed by atoms with Crippen molar-refractivity contribution in [3.8, 4) is 5.75 Å². The molecule has 4 heteroatoms. The van der Waals surface area contributed by atoms with E-state index in [-0.39, 0.29) is 17.4 Å². The molecule has 2 N–H and O–H groups in total. The second-order valence-corrected chi connectivity index (χ2v) is 4.55. The molecule has 0 aliphatic heterocycles. The molecule has 0 saturated carbocycles. The van der Waals surface area contributed by atoms with Crippen molar-refractivity contribution in [3.05, 3.63) is 65.7 Å². The van der Waals surface area contributed by atoms with Crippen LogP contribution >= 0.6 is 0 Å². The highest BCUT2D eigenvalue weighted by Crippen LogP contribution is 2.14. The van der Waals surface area contributed by atoms with Crippen molar-refractivity contribution < 1.29 is 14.7 Å². The van der Waals surface area contributed by atoms with E-state index in [0.29, 0.717) is 11.3 Å². The highest BCUT2D eigenvalue weighted by molar-refractivity contribution is 6.07. The molecular weight excluding hydrogens is 266 g/mol. The van der Waals surface area contributed by atoms with E-state index in [4.69, 9.17) is 0 Å². The van der Waals surface area contributed by atoms with Crippen LogP contribution in [0.5, 0.6) is 5.75 Å². The zero-order chi connectivity index (χ0) is 15.2. The van der Waals surface area contributed by atoms with Gasteiger partial charge in [-0.1, -0.05) is 30.3 Å². The summed E-state index contributed by atoms with van der Waals surface area (Å²) in [5, 5.41) is 12.0. The second kappa shape index (κ2) is 6.52. The lowest BCUT2D eigenvalue weighted by molar-refractivity contribution is -0.114. The van der Waals surface area contributed by atoms with Gasteiger partial charge >= 0.3 is 0 Å². The Labute approximate surface area is 122 Å². The van der Waals surface area contributed by atoms with E-state index in [2.05, 4.69) is 5.32 Å². The first kappa shape index (κ1) is 14.5. The van der Waals surface area contributed by atoms with Crippen LogP contribution in [0.2, 0.25) is 0 Å². The number of carbonyl (C=O) groups is 2. The maximum Gasteiger partial charge on any atom is 0.221 e. The van der Waals surface area contributed by atoms with Gasteiger partial charge in [0.25, 0.3) is 0 Å². The van der Waals surface area contributed by atoms with E-state index >= 15 is 0 Å². The van der Waals surface area contributed by atoms with Crippen molar-refractivity contribution >= 4 is 23.5 Å². The number of rotatable bonds is 4. The Morgan fingerprint density at radius 3 is 2.57 bits per heavy atom. The van der Waals surface area contributed by atoms with Gasteiger partial charge in [0.1, 0.15) is 5.75 Å². The maximum atomic E-state index is 12.1. The largest absolute Gasteiger partial charge is 0.508 e. The number of nitrogens with one attached hydrogen (secondary N) is 1. The smallest absolute Gasteiger partial charge is 0.221 e. The second-order valence-electron chi connectivity index (χ2n) is 4.55. The zero-order valence-corrected chi connectivity index (χ0v) is 11.5. The zero-order valence-electron chi connectivity index (χ0n) is 11.5. The molecule has 0 fully saturated rings. The number of carbonyl (C=O) groups excluding carboxylic acids is 2. The Hall–Kier alpha value is -2.88. The van der Waals surface area contributed by atoms with Gasteiger partial charge in [-0.25, -0.2) is 0 Å². The quantitative estimate of drug-likeness (QED) is 0.668. The molecule has 0 radical (unpaired) electrons. The predicted molar refractivity (Wildman–Crippen MR) is 82.2 cm³/mol. The molecule has 2 rings (SSSR count). The summed E-state index contributed by atoms with van der Waals surface area (Å²) in [4.78, 5) is 23.1. The highest BCUT2D eigenvalue weighted by atomic mass is 16.3. The Balaban J connectivity index is 2.15. The maximum absolute atomic E-state index is 12.1. The van der Waals surface area contributed by atoms with Crippen LogP contribution < -0.4 is 5.32 Å². The molecule has 21 heavy (non-hydrogen) atoms. The van der Waals surface area contributed by atoms with Crippen LogP contribution in [0.25, 0.3) is 6.08 Å². The number of allylic oxidation sites excluding steroid dienone is 1. The molecule has 106 valence electrons. The fourth-order valence-electron chi connectivity index (χ4n) is 1.85. The van der Waals surface area contributed by atoms with Gasteiger partial charge in [0, 0.05) is 18.2 Å². The van der Waals surface area contributed by atoms with Crippen LogP contribution in [0, 0.1) is 0 Å². The lowest BCUT2D eigenvalue weighted by Gasteiger charge is -2.03. The summed E-state index contributed by atoms with van der Waals surface area (Å²) in [5.74, 6) is -0.210. The third-order valence-corrected chi connectivity index (χ3v) is 2.76. The van der Waals surface area contributed by atoms with Gasteiger partial charge in [-0.2, -0.15) is 0 Å². The normalized spacial score (nSPS) is 10.5. The van der Waals surface area contributed by atoms with Crippen molar-refractivity contribution in [2.75, 3.05) is 5.32 Å². The Bertz CT molecular complexity index is 705. The average molecular weight is 281 g/mol. The molecule has 0 aliphatic rings. The standard InChI is InChI=1S/C17H15NO3/c1-12(19)18-15-6-3-5-14(11-15)17(21)9-8-13-4-2-7-16(20)10-13/h2-11,20H,1H3,(H,18,19). The van der Waals surface area contributed by atoms with Gasteiger partial charge in [-0.15, -0.1) is 0 Å². The van der Waals surface area contributed by atoms with Gasteiger partial charge in [0.05, 0.1) is 0 Å². The summed E-state index contributed by atoms with van der Waals surface area (Å²) in [6.07, 6.45) is 3.06. The van der Waals surface area contributed by atoms with Crippen LogP contribution in [0.15, 0.2) is 54.6 Å². The summed E-state index contributed by atoms with van der Waals surface area (Å²) >= 11 is 0. The number of amides is 1. The van der Waals surface area contributed by atoms with E-state index < -0.39 is 0 Å². The molecule has 2 aromatic rings. The van der Waals surface area contributed by atoms with Crippen molar-refractivity contribution in [1.82, 2.24) is 0 Å². The summed E-state index contributed by atoms with van der Waals surface area (Å²) in [6.45, 7) is 1.41. The molecule has 0 atom stereocenters. The van der Waals surface area contributed by atoms with Gasteiger partial charge < -0.3 is 10.4 Å². The topological polar surface area (TPSA) is 66.4 Å². The van der Waals surface area contributed by atoms with Crippen molar-refractivity contribution in [2.24, 2.45) is 0 Å². The van der Waals surface area contributed by atoms with Crippen molar-refractivity contribution in [1.29, 1.82) is 0 Å². The highest BCUT2D eigenvalue weighted by Gasteiger charge is 2.03. The molecule has 2 aromatic carbocycles. The van der Waals surface area contributed by atoms with Gasteiger partial charge in [0.2, 0.25) is 5.91 Å². The lowest BCUT2D eigenvalue weighted by Crippen LogP contribution is -2.06. The third kappa shape index (κ3) is 4.31. The third-order valence-electron chi connectivity index (χ3n) is 2.76. The summed E-state index contributed by atoms with van der Waals surface area (Å²) in [7, 11) is 0. The Kier molecular flexibility index (Phi) is 4.51. The monoisotopic (exact) mass is 281 g/mol. The molecule has 4 nitrogen and oxygen atoms in total. The summed E-state index contributed by atoms with van der Waals surface area (Å²) in [6, 6.07) is 13.4. The minimum atomic E-state index is -0.185. The molecule has 0 aliphatic carbocycles. The Morgan fingerprint density at radius 1 is 1.10 bits per heavy atom. The fourth-order valence-corrected chi connectivity index (χ4v) is 1.85. The van der Waals surface area contributed by atoms with Gasteiger partial charge in [-0.05, 0) is 35.9 Å². The van der Waals surface area contributed by atoms with E-state index in [9.17, 15) is 14.7 Å². The SMILES string of the molecule is CC(=O)Nc1cccc(C(=O)C=Cc2cccc(O)c2)c1. The molecule has 0 unspecified atom stereocenters. The molecule has 0 heterocycles. The minimum Gasteiger partial charge on any atom is -0.508 e. The first-order valence-corrected chi connectivity index (χ1v) is 6.44.